The first-order chi connectivity index (χ1) is 8.74. The van der Waals surface area contributed by atoms with Crippen molar-refractivity contribution in [1.29, 1.82) is 0 Å². The summed E-state index contributed by atoms with van der Waals surface area (Å²) in [5.74, 6) is 0. The van der Waals surface area contributed by atoms with E-state index in [1.54, 1.807) is 7.11 Å². The molecule has 0 aliphatic heterocycles. The normalized spacial score (nSPS) is 23.2. The molecule has 0 amide bonds. The van der Waals surface area contributed by atoms with Gasteiger partial charge in [0.25, 0.3) is 0 Å². The molecule has 0 radical (unpaired) electrons. The van der Waals surface area contributed by atoms with Gasteiger partial charge in [0, 0.05) is 32.1 Å². The zero-order valence-electron chi connectivity index (χ0n) is 10.3. The molecule has 1 saturated carbocycles. The molecule has 18 heavy (non-hydrogen) atoms. The Morgan fingerprint density at radius 1 is 1.44 bits per heavy atom. The third-order valence-electron chi connectivity index (χ3n) is 3.46. The summed E-state index contributed by atoms with van der Waals surface area (Å²) in [4.78, 5) is 4.53. The van der Waals surface area contributed by atoms with Gasteiger partial charge in [-0.05, 0) is 25.0 Å². The van der Waals surface area contributed by atoms with Crippen molar-refractivity contribution in [1.82, 2.24) is 14.7 Å². The number of methoxy groups -OCH3 is 1. The van der Waals surface area contributed by atoms with Crippen molar-refractivity contribution < 1.29 is 4.74 Å². The Labute approximate surface area is 111 Å². The highest BCUT2D eigenvalue weighted by atomic mass is 35.5. The predicted octanol–water partition coefficient (Wildman–Crippen LogP) is 2.25. The lowest BCUT2D eigenvalue weighted by atomic mass is 9.89. The summed E-state index contributed by atoms with van der Waals surface area (Å²) >= 11 is 5.94. The SMILES string of the molecule is COC1CC(NCc2cn3cc(Cl)ccc3n2)C1. The van der Waals surface area contributed by atoms with E-state index in [4.69, 9.17) is 16.3 Å². The van der Waals surface area contributed by atoms with Gasteiger partial charge in [0.05, 0.1) is 16.8 Å². The van der Waals surface area contributed by atoms with E-state index in [2.05, 4.69) is 10.3 Å². The highest BCUT2D eigenvalue weighted by Gasteiger charge is 2.28. The summed E-state index contributed by atoms with van der Waals surface area (Å²) in [5.41, 5.74) is 1.97. The van der Waals surface area contributed by atoms with Crippen LogP contribution in [0.25, 0.3) is 5.65 Å². The number of aromatic nitrogens is 2. The van der Waals surface area contributed by atoms with E-state index in [0.717, 1.165) is 35.8 Å². The number of pyridine rings is 1. The second-order valence-corrected chi connectivity index (χ2v) is 5.19. The fourth-order valence-corrected chi connectivity index (χ4v) is 2.44. The Bertz CT molecular complexity index is 548. The van der Waals surface area contributed by atoms with Gasteiger partial charge in [0.2, 0.25) is 0 Å². The largest absolute Gasteiger partial charge is 0.381 e. The highest BCUT2D eigenvalue weighted by Crippen LogP contribution is 2.22. The number of hydrogen-bond acceptors (Lipinski definition) is 3. The summed E-state index contributed by atoms with van der Waals surface area (Å²) < 4.78 is 7.21. The number of nitrogens with one attached hydrogen (secondary N) is 1. The van der Waals surface area contributed by atoms with Crippen LogP contribution < -0.4 is 5.32 Å². The van der Waals surface area contributed by atoms with Gasteiger partial charge in [-0.2, -0.15) is 0 Å². The van der Waals surface area contributed by atoms with Crippen molar-refractivity contribution in [2.45, 2.75) is 31.5 Å². The van der Waals surface area contributed by atoms with Crippen LogP contribution >= 0.6 is 11.6 Å². The maximum atomic E-state index is 5.94. The van der Waals surface area contributed by atoms with E-state index in [9.17, 15) is 0 Å². The molecule has 1 N–H and O–H groups in total. The van der Waals surface area contributed by atoms with Crippen LogP contribution in [0.5, 0.6) is 0 Å². The van der Waals surface area contributed by atoms with Crippen LogP contribution in [0.3, 0.4) is 0 Å². The van der Waals surface area contributed by atoms with Crippen molar-refractivity contribution >= 4 is 17.2 Å². The van der Waals surface area contributed by atoms with Gasteiger partial charge in [-0.3, -0.25) is 0 Å². The van der Waals surface area contributed by atoms with Crippen LogP contribution in [0, 0.1) is 0 Å². The monoisotopic (exact) mass is 265 g/mol. The third kappa shape index (κ3) is 2.36. The lowest BCUT2D eigenvalue weighted by Gasteiger charge is -2.34. The van der Waals surface area contributed by atoms with Crippen molar-refractivity contribution in [3.05, 3.63) is 35.2 Å². The Kier molecular flexibility index (Phi) is 3.24. The van der Waals surface area contributed by atoms with Crippen molar-refractivity contribution in [3.63, 3.8) is 0 Å². The molecule has 2 aromatic heterocycles. The molecule has 0 unspecified atom stereocenters. The van der Waals surface area contributed by atoms with E-state index < -0.39 is 0 Å². The molecule has 0 atom stereocenters. The second kappa shape index (κ2) is 4.88. The van der Waals surface area contributed by atoms with E-state index in [1.807, 2.05) is 28.9 Å². The molecule has 1 fully saturated rings. The molecule has 4 nitrogen and oxygen atoms in total. The molecule has 1 aliphatic rings. The van der Waals surface area contributed by atoms with Crippen LogP contribution in [0.15, 0.2) is 24.5 Å². The molecule has 5 heteroatoms. The molecule has 0 aromatic carbocycles. The average Bonchev–Trinajstić information content (AvgIpc) is 2.69. The van der Waals surface area contributed by atoms with Gasteiger partial charge in [-0.15, -0.1) is 0 Å². The molecule has 1 aliphatic carbocycles. The fourth-order valence-electron chi connectivity index (χ4n) is 2.28. The average molecular weight is 266 g/mol. The maximum absolute atomic E-state index is 5.94. The molecule has 0 bridgehead atoms. The second-order valence-electron chi connectivity index (χ2n) is 4.75. The summed E-state index contributed by atoms with van der Waals surface area (Å²) in [6, 6.07) is 4.34. The Balaban J connectivity index is 1.61. The van der Waals surface area contributed by atoms with Gasteiger partial charge in [-0.25, -0.2) is 4.98 Å². The Hall–Kier alpha value is -1.10. The highest BCUT2D eigenvalue weighted by molar-refractivity contribution is 6.30. The smallest absolute Gasteiger partial charge is 0.137 e. The van der Waals surface area contributed by atoms with Crippen LogP contribution in [0.1, 0.15) is 18.5 Å². The first-order valence-electron chi connectivity index (χ1n) is 6.14. The number of fused-ring (bicyclic) bond motifs is 1. The number of halogens is 1. The van der Waals surface area contributed by atoms with Gasteiger partial charge in [-0.1, -0.05) is 11.6 Å². The molecular weight excluding hydrogens is 250 g/mol. The van der Waals surface area contributed by atoms with Crippen molar-refractivity contribution in [2.24, 2.45) is 0 Å². The number of ether oxygens (including phenoxy) is 1. The van der Waals surface area contributed by atoms with E-state index in [1.165, 1.54) is 0 Å². The zero-order valence-corrected chi connectivity index (χ0v) is 11.0. The van der Waals surface area contributed by atoms with Crippen molar-refractivity contribution in [2.75, 3.05) is 7.11 Å². The number of rotatable bonds is 4. The summed E-state index contributed by atoms with van der Waals surface area (Å²) in [6.45, 7) is 0.792. The standard InChI is InChI=1S/C13H16ClN3O/c1-18-12-4-10(5-12)15-6-11-8-17-7-9(14)2-3-13(17)16-11/h2-3,7-8,10,12,15H,4-6H2,1H3. The minimum absolute atomic E-state index is 0.433. The van der Waals surface area contributed by atoms with Crippen LogP contribution in [-0.2, 0) is 11.3 Å². The van der Waals surface area contributed by atoms with Gasteiger partial charge in [0.1, 0.15) is 5.65 Å². The van der Waals surface area contributed by atoms with Crippen LogP contribution in [-0.4, -0.2) is 28.6 Å². The quantitative estimate of drug-likeness (QED) is 0.922. The molecule has 0 saturated heterocycles. The first-order valence-corrected chi connectivity index (χ1v) is 6.51. The fraction of sp³-hybridized carbons (Fsp3) is 0.462. The minimum Gasteiger partial charge on any atom is -0.381 e. The van der Waals surface area contributed by atoms with E-state index in [0.29, 0.717) is 12.1 Å². The maximum Gasteiger partial charge on any atom is 0.137 e. The van der Waals surface area contributed by atoms with Crippen molar-refractivity contribution in [3.8, 4) is 0 Å². The summed E-state index contributed by atoms with van der Waals surface area (Å²) in [6.07, 6.45) is 6.51. The first kappa shape index (κ1) is 12.0. The molecule has 3 rings (SSSR count). The topological polar surface area (TPSA) is 38.6 Å². The Morgan fingerprint density at radius 3 is 3.06 bits per heavy atom. The Morgan fingerprint density at radius 2 is 2.28 bits per heavy atom. The van der Waals surface area contributed by atoms with Gasteiger partial charge >= 0.3 is 0 Å². The van der Waals surface area contributed by atoms with E-state index >= 15 is 0 Å². The molecular formula is C13H16ClN3O. The molecule has 0 spiro atoms. The van der Waals surface area contributed by atoms with Gasteiger partial charge in [0.15, 0.2) is 0 Å². The summed E-state index contributed by atoms with van der Waals surface area (Å²) in [7, 11) is 1.77. The number of hydrogen-bond donors (Lipinski definition) is 1. The number of imidazole rings is 1. The molecule has 96 valence electrons. The lowest BCUT2D eigenvalue weighted by Crippen LogP contribution is -2.44. The summed E-state index contributed by atoms with van der Waals surface area (Å²) in [5, 5.41) is 4.21. The molecule has 2 aromatic rings. The lowest BCUT2D eigenvalue weighted by molar-refractivity contribution is 0.0169. The zero-order chi connectivity index (χ0) is 12.5. The van der Waals surface area contributed by atoms with Gasteiger partial charge < -0.3 is 14.5 Å². The predicted molar refractivity (Wildman–Crippen MR) is 70.9 cm³/mol. The van der Waals surface area contributed by atoms with E-state index in [-0.39, 0.29) is 0 Å². The number of nitrogens with zero attached hydrogens (tertiary/aromatic N) is 2. The third-order valence-corrected chi connectivity index (χ3v) is 3.69. The molecule has 2 heterocycles. The van der Waals surface area contributed by atoms with Crippen LogP contribution in [0.4, 0.5) is 0 Å². The minimum atomic E-state index is 0.433. The van der Waals surface area contributed by atoms with Crippen LogP contribution in [0.2, 0.25) is 5.02 Å².